The van der Waals surface area contributed by atoms with Crippen molar-refractivity contribution in [3.05, 3.63) is 16.3 Å². The van der Waals surface area contributed by atoms with E-state index in [0.717, 1.165) is 67.8 Å². The Morgan fingerprint density at radius 1 is 1.11 bits per heavy atom. The molecule has 28 heavy (non-hydrogen) atoms. The maximum Gasteiger partial charge on any atom is 0.230 e. The highest BCUT2D eigenvalue weighted by atomic mass is 32.1. The summed E-state index contributed by atoms with van der Waals surface area (Å²) in [6, 6.07) is 2.30. The fourth-order valence-electron chi connectivity index (χ4n) is 4.31. The molecule has 4 heteroatoms. The zero-order chi connectivity index (χ0) is 20.3. The Morgan fingerprint density at radius 3 is 2.36 bits per heavy atom. The number of nitrogens with zero attached hydrogens (tertiary/aromatic N) is 1. The fourth-order valence-corrected chi connectivity index (χ4v) is 5.03. The fraction of sp³-hybridized carbons (Fsp3) is 0.708. The van der Waals surface area contributed by atoms with Crippen molar-refractivity contribution in [1.82, 2.24) is 0 Å². The second-order valence-electron chi connectivity index (χ2n) is 9.80. The highest BCUT2D eigenvalue weighted by molar-refractivity contribution is 7.11. The van der Waals surface area contributed by atoms with Crippen molar-refractivity contribution < 1.29 is 9.90 Å². The molecule has 2 aliphatic carbocycles. The molecule has 2 fully saturated rings. The van der Waals surface area contributed by atoms with Gasteiger partial charge in [-0.15, -0.1) is 11.3 Å². The molecule has 1 aromatic rings. The Morgan fingerprint density at radius 2 is 1.75 bits per heavy atom. The summed E-state index contributed by atoms with van der Waals surface area (Å²) in [5, 5.41) is 12.0. The maximum atomic E-state index is 13.5. The molecule has 2 aliphatic rings. The van der Waals surface area contributed by atoms with E-state index in [0.29, 0.717) is 5.91 Å². The van der Waals surface area contributed by atoms with E-state index in [-0.39, 0.29) is 23.5 Å². The summed E-state index contributed by atoms with van der Waals surface area (Å²) in [4.78, 5) is 16.6. The van der Waals surface area contributed by atoms with Crippen LogP contribution >= 0.6 is 11.3 Å². The minimum Gasteiger partial charge on any atom is -0.393 e. The highest BCUT2D eigenvalue weighted by Crippen LogP contribution is 2.36. The van der Waals surface area contributed by atoms with Crippen molar-refractivity contribution in [2.75, 3.05) is 4.90 Å². The second kappa shape index (κ2) is 9.01. The number of hydrogen-bond donors (Lipinski definition) is 1. The molecule has 0 aliphatic heterocycles. The number of hydrogen-bond acceptors (Lipinski definition) is 3. The minimum atomic E-state index is -0.209. The molecule has 0 radical (unpaired) electrons. The molecule has 154 valence electrons. The monoisotopic (exact) mass is 401 g/mol. The minimum absolute atomic E-state index is 0.0298. The number of carbonyl (C=O) groups is 1. The summed E-state index contributed by atoms with van der Waals surface area (Å²) >= 11 is 1.63. The quantitative estimate of drug-likeness (QED) is 0.669. The van der Waals surface area contributed by atoms with Crippen LogP contribution in [0.4, 0.5) is 5.69 Å². The summed E-state index contributed by atoms with van der Waals surface area (Å²) in [5.74, 6) is 7.76. The third-order valence-corrected chi connectivity index (χ3v) is 6.89. The van der Waals surface area contributed by atoms with Gasteiger partial charge in [-0.2, -0.15) is 0 Å². The van der Waals surface area contributed by atoms with Crippen LogP contribution in [-0.4, -0.2) is 23.2 Å². The maximum absolute atomic E-state index is 13.5. The van der Waals surface area contributed by atoms with E-state index in [2.05, 4.69) is 55.9 Å². The normalized spacial score (nSPS) is 28.3. The molecule has 0 unspecified atom stereocenters. The molecule has 3 nitrogen and oxygen atoms in total. The van der Waals surface area contributed by atoms with Crippen LogP contribution in [-0.2, 0) is 4.79 Å². The zero-order valence-corrected chi connectivity index (χ0v) is 18.6. The molecular formula is C24H35NO2S. The molecule has 0 spiro atoms. The van der Waals surface area contributed by atoms with Crippen molar-refractivity contribution in [1.29, 1.82) is 0 Å². The number of carbonyl (C=O) groups excluding carboxylic acids is 1. The number of anilines is 1. The Hall–Kier alpha value is -1.31. The molecule has 1 heterocycles. The van der Waals surface area contributed by atoms with Crippen LogP contribution in [0, 0.1) is 29.1 Å². The van der Waals surface area contributed by atoms with Gasteiger partial charge in [-0.1, -0.05) is 18.8 Å². The Balaban J connectivity index is 1.83. The average Bonchev–Trinajstić information content (AvgIpc) is 3.10. The van der Waals surface area contributed by atoms with Gasteiger partial charge in [0.25, 0.3) is 0 Å². The second-order valence-corrected chi connectivity index (χ2v) is 10.7. The number of rotatable bonds is 3. The van der Waals surface area contributed by atoms with Gasteiger partial charge in [-0.3, -0.25) is 4.79 Å². The zero-order valence-electron chi connectivity index (χ0n) is 17.8. The first kappa shape index (κ1) is 21.4. The lowest BCUT2D eigenvalue weighted by Gasteiger charge is -2.38. The van der Waals surface area contributed by atoms with E-state index >= 15 is 0 Å². The Labute approximate surface area is 174 Å². The van der Waals surface area contributed by atoms with Crippen LogP contribution in [0.3, 0.4) is 0 Å². The Bertz CT molecular complexity index is 720. The number of aliphatic hydroxyl groups excluding tert-OH is 1. The van der Waals surface area contributed by atoms with Gasteiger partial charge in [-0.25, -0.2) is 0 Å². The topological polar surface area (TPSA) is 40.5 Å². The standard InChI is InChI=1S/C24H35NO2S/c1-17-5-7-18(8-6-17)23(27)25(19-9-11-21(26)12-10-19)20-15-22(28-16-20)13-14-24(2,3)4/h15-19,21,26H,5-12H2,1-4H3. The Kier molecular flexibility index (Phi) is 6.89. The lowest BCUT2D eigenvalue weighted by atomic mass is 9.81. The smallest absolute Gasteiger partial charge is 0.230 e. The van der Waals surface area contributed by atoms with Crippen LogP contribution in [0.15, 0.2) is 11.4 Å². The van der Waals surface area contributed by atoms with E-state index in [9.17, 15) is 9.90 Å². The third-order valence-electron chi connectivity index (χ3n) is 6.06. The summed E-state index contributed by atoms with van der Waals surface area (Å²) in [6.07, 6.45) is 7.45. The summed E-state index contributed by atoms with van der Waals surface area (Å²) < 4.78 is 0. The molecule has 2 saturated carbocycles. The van der Waals surface area contributed by atoms with Crippen LogP contribution in [0.1, 0.15) is 83.9 Å². The van der Waals surface area contributed by atoms with Crippen LogP contribution in [0.5, 0.6) is 0 Å². The van der Waals surface area contributed by atoms with E-state index in [1.807, 2.05) is 0 Å². The van der Waals surface area contributed by atoms with E-state index in [1.165, 1.54) is 0 Å². The van der Waals surface area contributed by atoms with E-state index < -0.39 is 0 Å². The molecule has 0 saturated heterocycles. The highest BCUT2D eigenvalue weighted by Gasteiger charge is 2.35. The molecule has 1 amide bonds. The van der Waals surface area contributed by atoms with Gasteiger partial charge in [0.1, 0.15) is 0 Å². The van der Waals surface area contributed by atoms with E-state index in [4.69, 9.17) is 0 Å². The molecule has 3 rings (SSSR count). The molecule has 1 aromatic heterocycles. The molecule has 0 bridgehead atoms. The van der Waals surface area contributed by atoms with Gasteiger partial charge in [0, 0.05) is 22.8 Å². The average molecular weight is 402 g/mol. The summed E-state index contributed by atoms with van der Waals surface area (Å²) in [7, 11) is 0. The summed E-state index contributed by atoms with van der Waals surface area (Å²) in [5.41, 5.74) is 0.978. The van der Waals surface area contributed by atoms with Crippen LogP contribution in [0.2, 0.25) is 0 Å². The van der Waals surface area contributed by atoms with Crippen LogP contribution < -0.4 is 4.90 Å². The van der Waals surface area contributed by atoms with Crippen molar-refractivity contribution >= 4 is 22.9 Å². The SMILES string of the molecule is CC1CCC(C(=O)N(c2csc(C#CC(C)(C)C)c2)C2CCC(O)CC2)CC1. The molecule has 1 N–H and O–H groups in total. The first-order valence-electron chi connectivity index (χ1n) is 10.9. The van der Waals surface area contributed by atoms with Gasteiger partial charge in [0.05, 0.1) is 16.7 Å². The van der Waals surface area contributed by atoms with Crippen molar-refractivity contribution in [3.8, 4) is 11.8 Å². The van der Waals surface area contributed by atoms with Crippen LogP contribution in [0.25, 0.3) is 0 Å². The third kappa shape index (κ3) is 5.61. The lowest BCUT2D eigenvalue weighted by Crippen LogP contribution is -2.46. The van der Waals surface area contributed by atoms with E-state index in [1.54, 1.807) is 11.3 Å². The first-order valence-corrected chi connectivity index (χ1v) is 11.7. The first-order chi connectivity index (χ1) is 13.2. The molecular weight excluding hydrogens is 366 g/mol. The lowest BCUT2D eigenvalue weighted by molar-refractivity contribution is -0.124. The van der Waals surface area contributed by atoms with Gasteiger partial charge in [0.15, 0.2) is 0 Å². The van der Waals surface area contributed by atoms with Gasteiger partial charge in [0.2, 0.25) is 5.91 Å². The van der Waals surface area contributed by atoms with Crippen molar-refractivity contribution in [2.24, 2.45) is 17.3 Å². The van der Waals surface area contributed by atoms with Gasteiger partial charge < -0.3 is 10.0 Å². The van der Waals surface area contributed by atoms with Crippen molar-refractivity contribution in [2.45, 2.75) is 91.2 Å². The number of thiophene rings is 1. The molecule has 0 atom stereocenters. The van der Waals surface area contributed by atoms with Crippen molar-refractivity contribution in [3.63, 3.8) is 0 Å². The largest absolute Gasteiger partial charge is 0.393 e. The van der Waals surface area contributed by atoms with Gasteiger partial charge in [-0.05, 0) is 84.1 Å². The van der Waals surface area contributed by atoms with Gasteiger partial charge >= 0.3 is 0 Å². The molecule has 0 aromatic carbocycles. The predicted molar refractivity (Wildman–Crippen MR) is 118 cm³/mol. The summed E-state index contributed by atoms with van der Waals surface area (Å²) in [6.45, 7) is 8.63. The number of aliphatic hydroxyl groups is 1. The number of amides is 1. The predicted octanol–water partition coefficient (Wildman–Crippen LogP) is 5.61.